The van der Waals surface area contributed by atoms with E-state index in [0.29, 0.717) is 16.6 Å². The van der Waals surface area contributed by atoms with Gasteiger partial charge in [0.1, 0.15) is 5.75 Å². The van der Waals surface area contributed by atoms with Gasteiger partial charge in [-0.15, -0.1) is 0 Å². The van der Waals surface area contributed by atoms with Crippen molar-refractivity contribution in [1.82, 2.24) is 4.72 Å². The van der Waals surface area contributed by atoms with Gasteiger partial charge in [-0.2, -0.15) is 0 Å². The van der Waals surface area contributed by atoms with Crippen LogP contribution in [-0.2, 0) is 10.0 Å². The molecule has 5 nitrogen and oxygen atoms in total. The summed E-state index contributed by atoms with van der Waals surface area (Å²) in [5, 5.41) is 9.07. The van der Waals surface area contributed by atoms with Crippen LogP contribution in [0.5, 0.6) is 5.75 Å². The van der Waals surface area contributed by atoms with Crippen molar-refractivity contribution in [2.24, 2.45) is 0 Å². The number of ether oxygens (including phenoxy) is 1. The molecule has 0 aliphatic heterocycles. The van der Waals surface area contributed by atoms with Gasteiger partial charge in [-0.05, 0) is 47.5 Å². The number of hydrogen-bond donors (Lipinski definition) is 2. The lowest BCUT2D eigenvalue weighted by molar-refractivity contribution is 0.186. The largest absolute Gasteiger partial charge is 0.496 e. The Morgan fingerprint density at radius 1 is 1.50 bits per heavy atom. The molecule has 1 aromatic rings. The molecule has 1 aromatic carbocycles. The van der Waals surface area contributed by atoms with E-state index in [9.17, 15) is 8.42 Å². The summed E-state index contributed by atoms with van der Waals surface area (Å²) < 4.78 is 31.8. The topological polar surface area (TPSA) is 75.6 Å². The van der Waals surface area contributed by atoms with Crippen LogP contribution in [0.3, 0.4) is 0 Å². The SMILES string of the molecule is COc1ccc(S(=O)(=O)NCCC(C)O)cc1Br. The first-order valence-electron chi connectivity index (χ1n) is 5.38. The minimum absolute atomic E-state index is 0.153. The van der Waals surface area contributed by atoms with Crippen LogP contribution in [0, 0.1) is 0 Å². The van der Waals surface area contributed by atoms with Gasteiger partial charge in [0.05, 0.1) is 22.6 Å². The first kappa shape index (κ1) is 15.4. The molecule has 0 aliphatic carbocycles. The highest BCUT2D eigenvalue weighted by Gasteiger charge is 2.15. The maximum absolute atomic E-state index is 11.9. The number of sulfonamides is 1. The predicted molar refractivity (Wildman–Crippen MR) is 72.2 cm³/mol. The molecule has 102 valence electrons. The molecular weight excluding hydrogens is 322 g/mol. The normalized spacial score (nSPS) is 13.3. The summed E-state index contributed by atoms with van der Waals surface area (Å²) in [6.07, 6.45) is -0.161. The van der Waals surface area contributed by atoms with Crippen molar-refractivity contribution < 1.29 is 18.3 Å². The van der Waals surface area contributed by atoms with E-state index in [2.05, 4.69) is 20.7 Å². The van der Waals surface area contributed by atoms with E-state index in [1.54, 1.807) is 13.0 Å². The molecule has 7 heteroatoms. The molecule has 0 aliphatic rings. The standard InChI is InChI=1S/C11H16BrNO4S/c1-8(14)5-6-13-18(15,16)9-3-4-11(17-2)10(12)7-9/h3-4,7-8,13-14H,5-6H2,1-2H3. The molecule has 2 N–H and O–H groups in total. The van der Waals surface area contributed by atoms with Crippen molar-refractivity contribution in [1.29, 1.82) is 0 Å². The summed E-state index contributed by atoms with van der Waals surface area (Å²) in [5.74, 6) is 0.568. The van der Waals surface area contributed by atoms with Gasteiger partial charge in [-0.25, -0.2) is 13.1 Å². The van der Waals surface area contributed by atoms with Crippen molar-refractivity contribution >= 4 is 26.0 Å². The average Bonchev–Trinajstić information content (AvgIpc) is 2.28. The molecule has 0 bridgehead atoms. The molecule has 0 saturated heterocycles. The van der Waals surface area contributed by atoms with Gasteiger partial charge < -0.3 is 9.84 Å². The Morgan fingerprint density at radius 3 is 2.67 bits per heavy atom. The lowest BCUT2D eigenvalue weighted by Crippen LogP contribution is -2.26. The van der Waals surface area contributed by atoms with Crippen molar-refractivity contribution in [2.45, 2.75) is 24.3 Å². The fourth-order valence-electron chi connectivity index (χ4n) is 1.30. The van der Waals surface area contributed by atoms with Gasteiger partial charge >= 0.3 is 0 Å². The van der Waals surface area contributed by atoms with Crippen LogP contribution in [0.15, 0.2) is 27.6 Å². The number of aliphatic hydroxyl groups is 1. The Hall–Kier alpha value is -0.630. The van der Waals surface area contributed by atoms with Gasteiger partial charge in [0.2, 0.25) is 10.0 Å². The van der Waals surface area contributed by atoms with Crippen molar-refractivity contribution in [2.75, 3.05) is 13.7 Å². The molecule has 0 fully saturated rings. The third-order valence-corrected chi connectivity index (χ3v) is 4.37. The lowest BCUT2D eigenvalue weighted by atomic mass is 10.3. The Balaban J connectivity index is 2.82. The fourth-order valence-corrected chi connectivity index (χ4v) is 3.07. The summed E-state index contributed by atoms with van der Waals surface area (Å²) >= 11 is 3.23. The van der Waals surface area contributed by atoms with E-state index >= 15 is 0 Å². The first-order chi connectivity index (χ1) is 8.36. The predicted octanol–water partition coefficient (Wildman–Crippen LogP) is 1.51. The van der Waals surface area contributed by atoms with E-state index in [1.165, 1.54) is 19.2 Å². The number of methoxy groups -OCH3 is 1. The maximum atomic E-state index is 11.9. The van der Waals surface area contributed by atoms with Crippen molar-refractivity contribution in [3.63, 3.8) is 0 Å². The monoisotopic (exact) mass is 337 g/mol. The van der Waals surface area contributed by atoms with Crippen LogP contribution in [-0.4, -0.2) is 33.3 Å². The van der Waals surface area contributed by atoms with Gasteiger partial charge in [0.25, 0.3) is 0 Å². The van der Waals surface area contributed by atoms with Crippen LogP contribution in [0.2, 0.25) is 0 Å². The van der Waals surface area contributed by atoms with E-state index in [0.717, 1.165) is 0 Å². The van der Waals surface area contributed by atoms with Crippen LogP contribution in [0.1, 0.15) is 13.3 Å². The van der Waals surface area contributed by atoms with Crippen LogP contribution < -0.4 is 9.46 Å². The summed E-state index contributed by atoms with van der Waals surface area (Å²) in [6.45, 7) is 1.81. The molecule has 0 radical (unpaired) electrons. The zero-order chi connectivity index (χ0) is 13.8. The highest BCUT2D eigenvalue weighted by molar-refractivity contribution is 9.10. The number of hydrogen-bond acceptors (Lipinski definition) is 4. The Kier molecular flexibility index (Phi) is 5.58. The second-order valence-electron chi connectivity index (χ2n) is 3.83. The summed E-state index contributed by atoms with van der Waals surface area (Å²) in [7, 11) is -2.04. The zero-order valence-corrected chi connectivity index (χ0v) is 12.6. The molecule has 0 saturated carbocycles. The van der Waals surface area contributed by atoms with E-state index in [4.69, 9.17) is 9.84 Å². The molecule has 1 unspecified atom stereocenters. The zero-order valence-electron chi connectivity index (χ0n) is 10.2. The Labute approximate surface area is 115 Å². The highest BCUT2D eigenvalue weighted by Crippen LogP contribution is 2.27. The number of benzene rings is 1. The molecule has 0 aromatic heterocycles. The van der Waals surface area contributed by atoms with E-state index in [1.807, 2.05) is 0 Å². The van der Waals surface area contributed by atoms with E-state index < -0.39 is 16.1 Å². The van der Waals surface area contributed by atoms with Crippen molar-refractivity contribution in [3.05, 3.63) is 22.7 Å². The summed E-state index contributed by atoms with van der Waals surface area (Å²) in [4.78, 5) is 0.153. The van der Waals surface area contributed by atoms with Gasteiger partial charge in [0.15, 0.2) is 0 Å². The second-order valence-corrected chi connectivity index (χ2v) is 6.45. The molecular formula is C11H16BrNO4S. The number of halogens is 1. The minimum atomic E-state index is -3.55. The number of nitrogens with one attached hydrogen (secondary N) is 1. The van der Waals surface area contributed by atoms with Crippen LogP contribution >= 0.6 is 15.9 Å². The van der Waals surface area contributed by atoms with Gasteiger partial charge in [0, 0.05) is 6.54 Å². The molecule has 0 amide bonds. The summed E-state index contributed by atoms with van der Waals surface area (Å²) in [5.41, 5.74) is 0. The molecule has 0 heterocycles. The number of aliphatic hydroxyl groups excluding tert-OH is 1. The Bertz CT molecular complexity index is 502. The highest BCUT2D eigenvalue weighted by atomic mass is 79.9. The van der Waals surface area contributed by atoms with E-state index in [-0.39, 0.29) is 11.4 Å². The Morgan fingerprint density at radius 2 is 2.17 bits per heavy atom. The van der Waals surface area contributed by atoms with Crippen LogP contribution in [0.4, 0.5) is 0 Å². The first-order valence-corrected chi connectivity index (χ1v) is 7.65. The quantitative estimate of drug-likeness (QED) is 0.824. The molecule has 1 rings (SSSR count). The summed E-state index contributed by atoms with van der Waals surface area (Å²) in [6, 6.07) is 4.52. The minimum Gasteiger partial charge on any atom is -0.496 e. The maximum Gasteiger partial charge on any atom is 0.240 e. The van der Waals surface area contributed by atoms with Gasteiger partial charge in [-0.3, -0.25) is 0 Å². The molecule has 1 atom stereocenters. The lowest BCUT2D eigenvalue weighted by Gasteiger charge is -2.09. The average molecular weight is 338 g/mol. The second kappa shape index (κ2) is 6.51. The molecule has 0 spiro atoms. The van der Waals surface area contributed by atoms with Crippen LogP contribution in [0.25, 0.3) is 0 Å². The van der Waals surface area contributed by atoms with Crippen molar-refractivity contribution in [3.8, 4) is 5.75 Å². The third-order valence-electron chi connectivity index (χ3n) is 2.29. The fraction of sp³-hybridized carbons (Fsp3) is 0.455. The molecule has 18 heavy (non-hydrogen) atoms. The number of rotatable bonds is 6. The van der Waals surface area contributed by atoms with Gasteiger partial charge in [-0.1, -0.05) is 0 Å². The third kappa shape index (κ3) is 4.24. The smallest absolute Gasteiger partial charge is 0.240 e.